The molecule has 1 aliphatic carbocycles. The normalized spacial score (nSPS) is 27.5. The quantitative estimate of drug-likeness (QED) is 0.483. The van der Waals surface area contributed by atoms with Crippen LogP contribution in [0.15, 0.2) is 0 Å². The van der Waals surface area contributed by atoms with E-state index >= 15 is 0 Å². The summed E-state index contributed by atoms with van der Waals surface area (Å²) in [4.78, 5) is 0. The van der Waals surface area contributed by atoms with Crippen LogP contribution < -0.4 is 5.73 Å². The molecule has 0 aromatic heterocycles. The highest BCUT2D eigenvalue weighted by atomic mass is 14.5. The van der Waals surface area contributed by atoms with E-state index in [0.29, 0.717) is 0 Å². The van der Waals surface area contributed by atoms with Gasteiger partial charge in [0.1, 0.15) is 0 Å². The molecule has 11 heavy (non-hydrogen) atoms. The van der Waals surface area contributed by atoms with Gasteiger partial charge in [-0.1, -0.05) is 12.8 Å². The van der Waals surface area contributed by atoms with Gasteiger partial charge < -0.3 is 5.73 Å². The van der Waals surface area contributed by atoms with Crippen LogP contribution in [0.1, 0.15) is 32.6 Å². The molecule has 1 unspecified atom stereocenters. The Morgan fingerprint density at radius 2 is 2.18 bits per heavy atom. The molecule has 0 spiro atoms. The van der Waals surface area contributed by atoms with E-state index in [1.165, 1.54) is 12.8 Å². The van der Waals surface area contributed by atoms with Crippen LogP contribution in [0.4, 0.5) is 0 Å². The molecule has 0 saturated heterocycles. The van der Waals surface area contributed by atoms with Gasteiger partial charge >= 0.3 is 0 Å². The smallest absolute Gasteiger partial charge is 0.0231 e. The second kappa shape index (κ2) is 4.41. The molecule has 1 nitrogen and oxygen atoms in total. The van der Waals surface area contributed by atoms with Gasteiger partial charge in [0.2, 0.25) is 0 Å². The molecule has 0 aromatic rings. The first kappa shape index (κ1) is 8.62. The molecule has 1 heteroatoms. The Morgan fingerprint density at radius 3 is 2.73 bits per heavy atom. The lowest BCUT2D eigenvalue weighted by Gasteiger charge is -1.88. The van der Waals surface area contributed by atoms with Gasteiger partial charge in [-0.15, -0.1) is 5.92 Å². The Labute approximate surface area is 69.4 Å². The molecule has 0 aromatic carbocycles. The third-order valence-corrected chi connectivity index (χ3v) is 2.15. The molecule has 1 aliphatic rings. The van der Waals surface area contributed by atoms with Crippen LogP contribution in [0, 0.1) is 23.7 Å². The number of hydrogen-bond donors (Lipinski definition) is 1. The monoisotopic (exact) mass is 151 g/mol. The second-order valence-electron chi connectivity index (χ2n) is 3.39. The zero-order valence-electron chi connectivity index (χ0n) is 7.27. The van der Waals surface area contributed by atoms with Crippen molar-refractivity contribution in [3.05, 3.63) is 0 Å². The van der Waals surface area contributed by atoms with Crippen LogP contribution >= 0.6 is 0 Å². The summed E-state index contributed by atoms with van der Waals surface area (Å²) in [6.45, 7) is 3.07. The van der Waals surface area contributed by atoms with Gasteiger partial charge in [0, 0.05) is 12.3 Å². The molecule has 1 rings (SSSR count). The predicted molar refractivity (Wildman–Crippen MR) is 48.0 cm³/mol. The first-order valence-electron chi connectivity index (χ1n) is 4.53. The molecule has 2 N–H and O–H groups in total. The van der Waals surface area contributed by atoms with E-state index in [1.807, 2.05) is 0 Å². The van der Waals surface area contributed by atoms with Crippen LogP contribution in [0.2, 0.25) is 0 Å². The van der Waals surface area contributed by atoms with Crippen LogP contribution in [-0.4, -0.2) is 6.54 Å². The molecular weight excluding hydrogens is 134 g/mol. The van der Waals surface area contributed by atoms with Crippen molar-refractivity contribution in [1.29, 1.82) is 0 Å². The van der Waals surface area contributed by atoms with Crippen LogP contribution in [0.5, 0.6) is 0 Å². The highest BCUT2D eigenvalue weighted by Gasteiger charge is 2.30. The average Bonchev–Trinajstić information content (AvgIpc) is 2.67. The summed E-state index contributed by atoms with van der Waals surface area (Å²) in [6, 6.07) is 0. The summed E-state index contributed by atoms with van der Waals surface area (Å²) < 4.78 is 0. The largest absolute Gasteiger partial charge is 0.330 e. The Kier molecular flexibility index (Phi) is 3.45. The summed E-state index contributed by atoms with van der Waals surface area (Å²) in [6.07, 6.45) is 4.66. The molecule has 0 amide bonds. The van der Waals surface area contributed by atoms with Gasteiger partial charge in [0.15, 0.2) is 0 Å². The maximum Gasteiger partial charge on any atom is 0.0231 e. The number of unbranched alkanes of at least 4 members (excludes halogenated alkanes) is 2. The fourth-order valence-electron chi connectivity index (χ4n) is 1.08. The Hall–Kier alpha value is -0.480. The number of rotatable bonds is 3. The van der Waals surface area contributed by atoms with Gasteiger partial charge in [-0.25, -0.2) is 0 Å². The Morgan fingerprint density at radius 1 is 1.45 bits per heavy atom. The summed E-state index contributed by atoms with van der Waals surface area (Å²) in [5, 5.41) is 0. The van der Waals surface area contributed by atoms with E-state index in [1.54, 1.807) is 0 Å². The standard InChI is InChI=1S/C10H17N/c1-9-8-10(9)6-4-2-3-5-7-11/h9-10H,2-3,5,7-8,11H2,1H3/t9?,10-/m0/s1. The van der Waals surface area contributed by atoms with Gasteiger partial charge in [0.25, 0.3) is 0 Å². The van der Waals surface area contributed by atoms with Crippen LogP contribution in [0.3, 0.4) is 0 Å². The van der Waals surface area contributed by atoms with Crippen molar-refractivity contribution in [3.8, 4) is 11.8 Å². The van der Waals surface area contributed by atoms with E-state index in [-0.39, 0.29) is 0 Å². The third-order valence-electron chi connectivity index (χ3n) is 2.15. The minimum absolute atomic E-state index is 0.730. The van der Waals surface area contributed by atoms with Gasteiger partial charge in [0.05, 0.1) is 0 Å². The van der Waals surface area contributed by atoms with E-state index < -0.39 is 0 Å². The van der Waals surface area contributed by atoms with Crippen LogP contribution in [0.25, 0.3) is 0 Å². The highest BCUT2D eigenvalue weighted by Crippen LogP contribution is 2.36. The SMILES string of the molecule is CC1C[C@@H]1C#CCCCCN. The maximum absolute atomic E-state index is 5.36. The van der Waals surface area contributed by atoms with Gasteiger partial charge in [-0.3, -0.25) is 0 Å². The lowest BCUT2D eigenvalue weighted by atomic mass is 10.2. The fraction of sp³-hybridized carbons (Fsp3) is 0.800. The van der Waals surface area contributed by atoms with E-state index in [0.717, 1.165) is 31.2 Å². The third kappa shape index (κ3) is 3.43. The average molecular weight is 151 g/mol. The fourth-order valence-corrected chi connectivity index (χ4v) is 1.08. The van der Waals surface area contributed by atoms with Crippen molar-refractivity contribution in [3.63, 3.8) is 0 Å². The molecule has 2 atom stereocenters. The molecule has 0 aliphatic heterocycles. The minimum Gasteiger partial charge on any atom is -0.330 e. The minimum atomic E-state index is 0.730. The maximum atomic E-state index is 5.36. The van der Waals surface area contributed by atoms with Gasteiger partial charge in [-0.2, -0.15) is 0 Å². The van der Waals surface area contributed by atoms with Crippen LogP contribution in [-0.2, 0) is 0 Å². The summed E-state index contributed by atoms with van der Waals surface area (Å²) in [5.41, 5.74) is 5.36. The molecular formula is C10H17N. The lowest BCUT2D eigenvalue weighted by Crippen LogP contribution is -1.96. The van der Waals surface area contributed by atoms with Crippen molar-refractivity contribution in [2.24, 2.45) is 17.6 Å². The topological polar surface area (TPSA) is 26.0 Å². The predicted octanol–water partition coefficient (Wildman–Crippen LogP) is 1.77. The summed E-state index contributed by atoms with van der Waals surface area (Å²) >= 11 is 0. The summed E-state index contributed by atoms with van der Waals surface area (Å²) in [7, 11) is 0. The summed E-state index contributed by atoms with van der Waals surface area (Å²) in [5.74, 6) is 8.08. The number of nitrogens with two attached hydrogens (primary N) is 1. The number of hydrogen-bond acceptors (Lipinski definition) is 1. The van der Waals surface area contributed by atoms with Crippen molar-refractivity contribution in [1.82, 2.24) is 0 Å². The zero-order valence-corrected chi connectivity index (χ0v) is 7.27. The first-order valence-corrected chi connectivity index (χ1v) is 4.53. The first-order chi connectivity index (χ1) is 5.34. The molecule has 0 heterocycles. The highest BCUT2D eigenvalue weighted by molar-refractivity contribution is 5.11. The Balaban J connectivity index is 1.96. The zero-order chi connectivity index (χ0) is 8.10. The molecule has 1 fully saturated rings. The second-order valence-corrected chi connectivity index (χ2v) is 3.39. The molecule has 1 saturated carbocycles. The van der Waals surface area contributed by atoms with Crippen molar-refractivity contribution in [2.45, 2.75) is 32.6 Å². The van der Waals surface area contributed by atoms with Crippen molar-refractivity contribution >= 4 is 0 Å². The van der Waals surface area contributed by atoms with E-state index in [4.69, 9.17) is 5.73 Å². The van der Waals surface area contributed by atoms with E-state index in [9.17, 15) is 0 Å². The Bertz CT molecular complexity index is 163. The van der Waals surface area contributed by atoms with E-state index in [2.05, 4.69) is 18.8 Å². The lowest BCUT2D eigenvalue weighted by molar-refractivity contribution is 0.766. The van der Waals surface area contributed by atoms with Gasteiger partial charge in [-0.05, 0) is 31.7 Å². The molecule has 0 radical (unpaired) electrons. The van der Waals surface area contributed by atoms with Crippen molar-refractivity contribution in [2.75, 3.05) is 6.54 Å². The van der Waals surface area contributed by atoms with Crippen molar-refractivity contribution < 1.29 is 0 Å². The molecule has 62 valence electrons. The molecule has 0 bridgehead atoms.